The number of carbonyl (C=O) groups excluding carboxylic acids is 3. The van der Waals surface area contributed by atoms with Gasteiger partial charge in [0.2, 0.25) is 5.91 Å². The fourth-order valence-electron chi connectivity index (χ4n) is 3.39. The van der Waals surface area contributed by atoms with E-state index in [1.54, 1.807) is 7.11 Å². The highest BCUT2D eigenvalue weighted by Crippen LogP contribution is 2.31. The van der Waals surface area contributed by atoms with Crippen LogP contribution in [0.2, 0.25) is 0 Å². The van der Waals surface area contributed by atoms with E-state index < -0.39 is 17.5 Å². The third-order valence-electron chi connectivity index (χ3n) is 5.39. The molecule has 0 spiro atoms. The van der Waals surface area contributed by atoms with Crippen LogP contribution in [0.3, 0.4) is 0 Å². The fourth-order valence-corrected chi connectivity index (χ4v) is 3.39. The molecule has 4 amide bonds. The topological polar surface area (TPSA) is 97.0 Å². The van der Waals surface area contributed by atoms with Crippen LogP contribution in [0.5, 0.6) is 11.5 Å². The van der Waals surface area contributed by atoms with Gasteiger partial charge in [-0.15, -0.1) is 0 Å². The van der Waals surface area contributed by atoms with Crippen LogP contribution in [0.4, 0.5) is 4.79 Å². The van der Waals surface area contributed by atoms with E-state index in [4.69, 9.17) is 9.47 Å². The van der Waals surface area contributed by atoms with Crippen molar-refractivity contribution in [3.63, 3.8) is 0 Å². The predicted molar refractivity (Wildman–Crippen MR) is 113 cm³/mol. The van der Waals surface area contributed by atoms with Gasteiger partial charge in [-0.05, 0) is 43.4 Å². The van der Waals surface area contributed by atoms with Gasteiger partial charge >= 0.3 is 6.03 Å². The molecule has 1 fully saturated rings. The van der Waals surface area contributed by atoms with E-state index in [0.29, 0.717) is 36.9 Å². The summed E-state index contributed by atoms with van der Waals surface area (Å²) in [5.74, 6) is 0.848. The third-order valence-corrected chi connectivity index (χ3v) is 5.39. The minimum absolute atomic E-state index is 0.316. The number of rotatable bonds is 10. The number of methoxy groups -OCH3 is 1. The first kappa shape index (κ1) is 23.5. The lowest BCUT2D eigenvalue weighted by atomic mass is 9.93. The molecule has 1 atom stereocenters. The highest BCUT2D eigenvalue weighted by molar-refractivity contribution is 6.09. The van der Waals surface area contributed by atoms with Gasteiger partial charge in [0.25, 0.3) is 5.91 Å². The average molecular weight is 420 g/mol. The minimum atomic E-state index is -0.915. The highest BCUT2D eigenvalue weighted by atomic mass is 16.5. The number of carbonyl (C=O) groups is 3. The van der Waals surface area contributed by atoms with Crippen molar-refractivity contribution < 1.29 is 23.9 Å². The summed E-state index contributed by atoms with van der Waals surface area (Å²) in [6.07, 6.45) is 0.960. The Balaban J connectivity index is 2.04. The van der Waals surface area contributed by atoms with E-state index >= 15 is 0 Å². The third kappa shape index (κ3) is 5.04. The lowest BCUT2D eigenvalue weighted by Gasteiger charge is -2.23. The second kappa shape index (κ2) is 9.82. The summed E-state index contributed by atoms with van der Waals surface area (Å²) in [4.78, 5) is 38.4. The summed E-state index contributed by atoms with van der Waals surface area (Å²) >= 11 is 0. The maximum Gasteiger partial charge on any atom is 0.325 e. The van der Waals surface area contributed by atoms with Gasteiger partial charge in [-0.25, -0.2) is 4.79 Å². The zero-order valence-electron chi connectivity index (χ0n) is 18.7. The number of hydrogen-bond acceptors (Lipinski definition) is 5. The largest absolute Gasteiger partial charge is 0.493 e. The molecular formula is C22H33N3O5. The summed E-state index contributed by atoms with van der Waals surface area (Å²) < 4.78 is 11.2. The zero-order chi connectivity index (χ0) is 22.5. The number of urea groups is 1. The van der Waals surface area contributed by atoms with Crippen LogP contribution in [0, 0.1) is 5.92 Å². The van der Waals surface area contributed by atoms with E-state index in [-0.39, 0.29) is 18.5 Å². The molecule has 8 nitrogen and oxygen atoms in total. The molecule has 0 radical (unpaired) electrons. The quantitative estimate of drug-likeness (QED) is 0.568. The molecule has 1 aromatic rings. The zero-order valence-corrected chi connectivity index (χ0v) is 18.7. The molecule has 1 aliphatic heterocycles. The van der Waals surface area contributed by atoms with Gasteiger partial charge in [-0.2, -0.15) is 0 Å². The first-order valence-corrected chi connectivity index (χ1v) is 10.4. The second-order valence-electron chi connectivity index (χ2n) is 8.02. The van der Waals surface area contributed by atoms with Crippen LogP contribution in [0.25, 0.3) is 0 Å². The Morgan fingerprint density at radius 2 is 1.83 bits per heavy atom. The van der Waals surface area contributed by atoms with Crippen molar-refractivity contribution in [3.8, 4) is 11.5 Å². The first-order valence-electron chi connectivity index (χ1n) is 10.4. The Kier molecular flexibility index (Phi) is 7.70. The SMILES string of the molecule is CCC1(CC)NC(=O)N(CC(=O)NC(C)c2ccc(OCC(C)C)c(OC)c2)C1=O. The lowest BCUT2D eigenvalue weighted by molar-refractivity contribution is -0.135. The molecule has 2 rings (SSSR count). The number of hydrogen-bond donors (Lipinski definition) is 2. The molecule has 1 unspecified atom stereocenters. The summed E-state index contributed by atoms with van der Waals surface area (Å²) in [7, 11) is 1.57. The molecule has 166 valence electrons. The van der Waals surface area contributed by atoms with Crippen molar-refractivity contribution in [1.29, 1.82) is 0 Å². The molecule has 2 N–H and O–H groups in total. The van der Waals surface area contributed by atoms with Crippen LogP contribution in [-0.2, 0) is 9.59 Å². The van der Waals surface area contributed by atoms with Crippen molar-refractivity contribution in [2.45, 2.75) is 59.0 Å². The summed E-state index contributed by atoms with van der Waals surface area (Å²) in [6, 6.07) is 4.62. The lowest BCUT2D eigenvalue weighted by Crippen LogP contribution is -2.46. The number of benzene rings is 1. The van der Waals surface area contributed by atoms with Gasteiger partial charge in [0.05, 0.1) is 19.8 Å². The number of nitrogens with one attached hydrogen (secondary N) is 2. The number of ether oxygens (including phenoxy) is 2. The minimum Gasteiger partial charge on any atom is -0.493 e. The number of amides is 4. The molecule has 0 aliphatic carbocycles. The van der Waals surface area contributed by atoms with Crippen LogP contribution in [0.1, 0.15) is 59.1 Å². The Morgan fingerprint density at radius 3 is 2.37 bits per heavy atom. The van der Waals surface area contributed by atoms with Gasteiger partial charge in [0.1, 0.15) is 12.1 Å². The van der Waals surface area contributed by atoms with Crippen LogP contribution in [0.15, 0.2) is 18.2 Å². The summed E-state index contributed by atoms with van der Waals surface area (Å²) in [5, 5.41) is 5.56. The van der Waals surface area contributed by atoms with Crippen LogP contribution >= 0.6 is 0 Å². The van der Waals surface area contributed by atoms with Crippen molar-refractivity contribution >= 4 is 17.8 Å². The molecule has 1 heterocycles. The molecule has 0 aromatic heterocycles. The van der Waals surface area contributed by atoms with Crippen LogP contribution < -0.4 is 20.1 Å². The van der Waals surface area contributed by atoms with Gasteiger partial charge in [0, 0.05) is 0 Å². The highest BCUT2D eigenvalue weighted by Gasteiger charge is 2.49. The maximum absolute atomic E-state index is 12.7. The Labute approximate surface area is 178 Å². The summed E-state index contributed by atoms with van der Waals surface area (Å²) in [5.41, 5.74) is -0.0897. The fraction of sp³-hybridized carbons (Fsp3) is 0.591. The van der Waals surface area contributed by atoms with Gasteiger partial charge in [0.15, 0.2) is 11.5 Å². The average Bonchev–Trinajstić information content (AvgIpc) is 2.96. The first-order chi connectivity index (χ1) is 14.2. The van der Waals surface area contributed by atoms with E-state index in [0.717, 1.165) is 10.5 Å². The predicted octanol–water partition coefficient (Wildman–Crippen LogP) is 3.02. The molecule has 0 bridgehead atoms. The second-order valence-corrected chi connectivity index (χ2v) is 8.02. The van der Waals surface area contributed by atoms with Gasteiger partial charge < -0.3 is 20.1 Å². The van der Waals surface area contributed by atoms with Gasteiger partial charge in [-0.1, -0.05) is 33.8 Å². The summed E-state index contributed by atoms with van der Waals surface area (Å²) in [6.45, 7) is 9.90. The van der Waals surface area contributed by atoms with Crippen molar-refractivity contribution in [2.75, 3.05) is 20.3 Å². The standard InChI is InChI=1S/C22H33N3O5/c1-7-22(8-2)20(27)25(21(28)24-22)12-19(26)23-15(5)16-9-10-17(18(11-16)29-6)30-13-14(3)4/h9-11,14-15H,7-8,12-13H2,1-6H3,(H,23,26)(H,24,28). The van der Waals surface area contributed by atoms with Crippen LogP contribution in [-0.4, -0.2) is 48.5 Å². The molecule has 1 aromatic carbocycles. The number of nitrogens with zero attached hydrogens (tertiary/aromatic N) is 1. The molecule has 0 saturated carbocycles. The van der Waals surface area contributed by atoms with Crippen molar-refractivity contribution in [2.24, 2.45) is 5.92 Å². The van der Waals surface area contributed by atoms with Crippen molar-refractivity contribution in [1.82, 2.24) is 15.5 Å². The number of imide groups is 1. The monoisotopic (exact) mass is 419 g/mol. The molecular weight excluding hydrogens is 386 g/mol. The van der Waals surface area contributed by atoms with E-state index in [2.05, 4.69) is 24.5 Å². The van der Waals surface area contributed by atoms with E-state index in [1.165, 1.54) is 0 Å². The Hall–Kier alpha value is -2.77. The maximum atomic E-state index is 12.7. The van der Waals surface area contributed by atoms with E-state index in [9.17, 15) is 14.4 Å². The molecule has 1 saturated heterocycles. The molecule has 1 aliphatic rings. The molecule has 8 heteroatoms. The van der Waals surface area contributed by atoms with Crippen molar-refractivity contribution in [3.05, 3.63) is 23.8 Å². The smallest absolute Gasteiger partial charge is 0.325 e. The molecule has 30 heavy (non-hydrogen) atoms. The normalized spacial score (nSPS) is 16.4. The Bertz CT molecular complexity index is 789. The van der Waals surface area contributed by atoms with E-state index in [1.807, 2.05) is 39.0 Å². The Morgan fingerprint density at radius 1 is 1.17 bits per heavy atom. The van der Waals surface area contributed by atoms with Gasteiger partial charge in [-0.3, -0.25) is 14.5 Å².